The summed E-state index contributed by atoms with van der Waals surface area (Å²) in [6.45, 7) is 5.95. The molecule has 2 rings (SSSR count). The van der Waals surface area contributed by atoms with E-state index >= 15 is 0 Å². The minimum Gasteiger partial charge on any atom is -0.439 e. The Bertz CT molecular complexity index is 540. The summed E-state index contributed by atoms with van der Waals surface area (Å²) in [5.74, 6) is 1.44. The van der Waals surface area contributed by atoms with Gasteiger partial charge in [0.05, 0.1) is 0 Å². The summed E-state index contributed by atoms with van der Waals surface area (Å²) in [6.07, 6.45) is 1.69. The lowest BCUT2D eigenvalue weighted by molar-refractivity contribution is 0.449. The molecular weight excluding hydrogens is 255 g/mol. The lowest BCUT2D eigenvalue weighted by atomic mass is 10.2. The Morgan fingerprint density at radius 2 is 1.95 bits per heavy atom. The molecule has 2 aromatic rings. The van der Waals surface area contributed by atoms with Crippen LogP contribution in [0.25, 0.3) is 0 Å². The molecule has 3 nitrogen and oxygen atoms in total. The molecule has 0 aliphatic heterocycles. The van der Waals surface area contributed by atoms with Crippen LogP contribution >= 0.6 is 0 Å². The topological polar surface area (TPSA) is 34.2 Å². The van der Waals surface area contributed by atoms with Gasteiger partial charge in [0.25, 0.3) is 0 Å². The summed E-state index contributed by atoms with van der Waals surface area (Å²) in [5.41, 5.74) is 0.984. The Labute approximate surface area is 118 Å². The van der Waals surface area contributed by atoms with Gasteiger partial charge in [-0.25, -0.2) is 9.37 Å². The molecule has 0 fully saturated rings. The molecule has 0 saturated heterocycles. The molecule has 0 aliphatic carbocycles. The van der Waals surface area contributed by atoms with E-state index in [4.69, 9.17) is 4.74 Å². The number of halogens is 1. The van der Waals surface area contributed by atoms with Gasteiger partial charge in [-0.05, 0) is 42.8 Å². The Kier molecular flexibility index (Phi) is 5.07. The average Bonchev–Trinajstić information content (AvgIpc) is 2.43. The molecule has 0 atom stereocenters. The summed E-state index contributed by atoms with van der Waals surface area (Å²) in [6, 6.07) is 9.78. The zero-order valence-corrected chi connectivity index (χ0v) is 11.8. The van der Waals surface area contributed by atoms with Crippen molar-refractivity contribution in [3.63, 3.8) is 0 Å². The molecular formula is C16H19FN2O. The predicted molar refractivity (Wildman–Crippen MR) is 77.3 cm³/mol. The monoisotopic (exact) mass is 274 g/mol. The average molecular weight is 274 g/mol. The van der Waals surface area contributed by atoms with E-state index in [0.29, 0.717) is 24.1 Å². The van der Waals surface area contributed by atoms with Crippen LogP contribution in [0.3, 0.4) is 0 Å². The van der Waals surface area contributed by atoms with Gasteiger partial charge in [0.15, 0.2) is 0 Å². The van der Waals surface area contributed by atoms with Crippen molar-refractivity contribution < 1.29 is 9.13 Å². The molecule has 4 heteroatoms. The summed E-state index contributed by atoms with van der Waals surface area (Å²) in [4.78, 5) is 4.24. The van der Waals surface area contributed by atoms with Gasteiger partial charge in [0.2, 0.25) is 5.88 Å². The van der Waals surface area contributed by atoms with E-state index in [-0.39, 0.29) is 5.82 Å². The number of rotatable bonds is 6. The van der Waals surface area contributed by atoms with Crippen molar-refractivity contribution in [1.29, 1.82) is 0 Å². The first-order valence-corrected chi connectivity index (χ1v) is 6.73. The normalized spacial score (nSPS) is 10.8. The van der Waals surface area contributed by atoms with Crippen LogP contribution < -0.4 is 10.1 Å². The first-order chi connectivity index (χ1) is 9.65. The van der Waals surface area contributed by atoms with Crippen LogP contribution in [-0.2, 0) is 6.54 Å². The number of pyridine rings is 1. The van der Waals surface area contributed by atoms with E-state index < -0.39 is 0 Å². The Morgan fingerprint density at radius 1 is 1.20 bits per heavy atom. The Balaban J connectivity index is 2.05. The molecule has 0 spiro atoms. The van der Waals surface area contributed by atoms with Crippen molar-refractivity contribution in [1.82, 2.24) is 10.3 Å². The molecule has 1 heterocycles. The summed E-state index contributed by atoms with van der Waals surface area (Å²) < 4.78 is 18.6. The molecule has 0 aliphatic rings. The molecule has 0 unspecified atom stereocenters. The SMILES string of the molecule is CC(C)CNCc1cccnc1Oc1ccc(F)cc1. The first-order valence-electron chi connectivity index (χ1n) is 6.73. The molecule has 0 amide bonds. The predicted octanol–water partition coefficient (Wildman–Crippen LogP) is 3.76. The molecule has 0 radical (unpaired) electrons. The third kappa shape index (κ3) is 4.31. The van der Waals surface area contributed by atoms with Crippen molar-refractivity contribution in [3.05, 3.63) is 54.0 Å². The van der Waals surface area contributed by atoms with Crippen LogP contribution in [0.15, 0.2) is 42.6 Å². The van der Waals surface area contributed by atoms with Crippen LogP contribution in [0.4, 0.5) is 4.39 Å². The molecule has 20 heavy (non-hydrogen) atoms. The van der Waals surface area contributed by atoms with Crippen LogP contribution in [0.1, 0.15) is 19.4 Å². The largest absolute Gasteiger partial charge is 0.439 e. The molecule has 1 aromatic heterocycles. The summed E-state index contributed by atoms with van der Waals surface area (Å²) in [7, 11) is 0. The van der Waals surface area contributed by atoms with Crippen LogP contribution in [0.2, 0.25) is 0 Å². The van der Waals surface area contributed by atoms with Gasteiger partial charge in [-0.15, -0.1) is 0 Å². The maximum atomic E-state index is 12.9. The Morgan fingerprint density at radius 3 is 2.65 bits per heavy atom. The zero-order valence-electron chi connectivity index (χ0n) is 11.8. The maximum absolute atomic E-state index is 12.9. The maximum Gasteiger partial charge on any atom is 0.223 e. The third-order valence-electron chi connectivity index (χ3n) is 2.75. The number of nitrogens with zero attached hydrogens (tertiary/aromatic N) is 1. The van der Waals surface area contributed by atoms with Crippen molar-refractivity contribution in [2.24, 2.45) is 5.92 Å². The fraction of sp³-hybridized carbons (Fsp3) is 0.312. The van der Waals surface area contributed by atoms with Gasteiger partial charge in [-0.2, -0.15) is 0 Å². The van der Waals surface area contributed by atoms with Crippen molar-refractivity contribution in [3.8, 4) is 11.6 Å². The van der Waals surface area contributed by atoms with E-state index in [1.165, 1.54) is 12.1 Å². The van der Waals surface area contributed by atoms with E-state index in [1.807, 2.05) is 12.1 Å². The van der Waals surface area contributed by atoms with Gasteiger partial charge in [0.1, 0.15) is 11.6 Å². The van der Waals surface area contributed by atoms with Gasteiger partial charge in [0, 0.05) is 18.3 Å². The Hall–Kier alpha value is -1.94. The van der Waals surface area contributed by atoms with Crippen molar-refractivity contribution >= 4 is 0 Å². The fourth-order valence-electron chi connectivity index (χ4n) is 1.76. The van der Waals surface area contributed by atoms with Crippen LogP contribution in [0.5, 0.6) is 11.6 Å². The highest BCUT2D eigenvalue weighted by Crippen LogP contribution is 2.22. The quantitative estimate of drug-likeness (QED) is 0.871. The second kappa shape index (κ2) is 7.01. The number of benzene rings is 1. The molecule has 1 aromatic carbocycles. The highest BCUT2D eigenvalue weighted by Gasteiger charge is 2.06. The van der Waals surface area contributed by atoms with Gasteiger partial charge in [-0.3, -0.25) is 0 Å². The lowest BCUT2D eigenvalue weighted by Gasteiger charge is -2.11. The first kappa shape index (κ1) is 14.5. The molecule has 0 saturated carbocycles. The molecule has 1 N–H and O–H groups in total. The van der Waals surface area contributed by atoms with Crippen LogP contribution in [-0.4, -0.2) is 11.5 Å². The third-order valence-corrected chi connectivity index (χ3v) is 2.75. The number of ether oxygens (including phenoxy) is 1. The number of hydrogen-bond acceptors (Lipinski definition) is 3. The van der Waals surface area contributed by atoms with E-state index in [0.717, 1.165) is 12.1 Å². The summed E-state index contributed by atoms with van der Waals surface area (Å²) in [5, 5.41) is 3.36. The van der Waals surface area contributed by atoms with Crippen molar-refractivity contribution in [2.75, 3.05) is 6.54 Å². The molecule has 106 valence electrons. The number of aromatic nitrogens is 1. The minimum absolute atomic E-state index is 0.280. The van der Waals surface area contributed by atoms with E-state index in [9.17, 15) is 4.39 Å². The van der Waals surface area contributed by atoms with Gasteiger partial charge in [-0.1, -0.05) is 19.9 Å². The highest BCUT2D eigenvalue weighted by molar-refractivity contribution is 5.32. The fourth-order valence-corrected chi connectivity index (χ4v) is 1.76. The van der Waals surface area contributed by atoms with Crippen LogP contribution in [0, 0.1) is 11.7 Å². The van der Waals surface area contributed by atoms with Gasteiger partial charge < -0.3 is 10.1 Å². The lowest BCUT2D eigenvalue weighted by Crippen LogP contribution is -2.19. The molecule has 0 bridgehead atoms. The van der Waals surface area contributed by atoms with Gasteiger partial charge >= 0.3 is 0 Å². The standard InChI is InChI=1S/C16H19FN2O/c1-12(2)10-18-11-13-4-3-9-19-16(13)20-15-7-5-14(17)6-8-15/h3-9,12,18H,10-11H2,1-2H3. The smallest absolute Gasteiger partial charge is 0.223 e. The zero-order chi connectivity index (χ0) is 14.4. The second-order valence-electron chi connectivity index (χ2n) is 5.05. The van der Waals surface area contributed by atoms with E-state index in [1.54, 1.807) is 18.3 Å². The van der Waals surface area contributed by atoms with Crippen molar-refractivity contribution in [2.45, 2.75) is 20.4 Å². The number of hydrogen-bond donors (Lipinski definition) is 1. The number of nitrogens with one attached hydrogen (secondary N) is 1. The summed E-state index contributed by atoms with van der Waals surface area (Å²) >= 11 is 0. The van der Waals surface area contributed by atoms with E-state index in [2.05, 4.69) is 24.1 Å². The highest BCUT2D eigenvalue weighted by atomic mass is 19.1. The second-order valence-corrected chi connectivity index (χ2v) is 5.05. The minimum atomic E-state index is -0.280.